The van der Waals surface area contributed by atoms with Crippen LogP contribution in [0.15, 0.2) is 12.2 Å². The Balaban J connectivity index is 2.12. The van der Waals surface area contributed by atoms with Crippen LogP contribution in [-0.4, -0.2) is 18.9 Å². The van der Waals surface area contributed by atoms with Gasteiger partial charge in [-0.1, -0.05) is 17.1 Å². The number of fused-ring (bicyclic) bond motifs is 1. The number of hydrogen-bond donors (Lipinski definition) is 1. The van der Waals surface area contributed by atoms with Crippen molar-refractivity contribution >= 4 is 6.34 Å². The largest absolute Gasteiger partial charge is 0.277 e. The van der Waals surface area contributed by atoms with Crippen molar-refractivity contribution in [3.8, 4) is 0 Å². The molecule has 1 aliphatic heterocycles. The van der Waals surface area contributed by atoms with Crippen molar-refractivity contribution in [2.24, 2.45) is 5.92 Å². The molecule has 2 rings (SSSR count). The van der Waals surface area contributed by atoms with E-state index < -0.39 is 0 Å². The minimum Gasteiger partial charge on any atom is -0.277 e. The minimum absolute atomic E-state index is 0.575. The second-order valence-corrected chi connectivity index (χ2v) is 2.96. The number of aliphatic imine (C=N–C) groups is 1. The van der Waals surface area contributed by atoms with E-state index in [9.17, 15) is 0 Å². The topological polar surface area (TPSA) is 26.1 Å². The van der Waals surface area contributed by atoms with Gasteiger partial charge in [0.2, 0.25) is 0 Å². The van der Waals surface area contributed by atoms with Crippen LogP contribution in [0.2, 0.25) is 0 Å². The molecular formula is C8H12N2+. The highest BCUT2D eigenvalue weighted by atomic mass is 15.0. The molecule has 0 amide bonds. The Morgan fingerprint density at radius 3 is 3.10 bits per heavy atom. The number of allylic oxidation sites excluding steroid dienone is 1. The minimum atomic E-state index is 0.575. The molecule has 2 nitrogen and oxygen atoms in total. The van der Waals surface area contributed by atoms with Crippen molar-refractivity contribution in [1.82, 2.24) is 10.3 Å². The van der Waals surface area contributed by atoms with Gasteiger partial charge in [0.15, 0.2) is 6.04 Å². The number of rotatable bonds is 0. The first-order valence-corrected chi connectivity index (χ1v) is 3.87. The molecule has 0 aromatic rings. The molecule has 0 saturated heterocycles. The molecule has 0 spiro atoms. The summed E-state index contributed by atoms with van der Waals surface area (Å²) in [5.41, 5.74) is 0. The highest BCUT2D eigenvalue weighted by Crippen LogP contribution is 2.18. The maximum Gasteiger partial charge on any atom is 0.273 e. The lowest BCUT2D eigenvalue weighted by molar-refractivity contribution is 0.370. The summed E-state index contributed by atoms with van der Waals surface area (Å²) in [4.78, 5) is 4.36. The van der Waals surface area contributed by atoms with Gasteiger partial charge < -0.3 is 0 Å². The summed E-state index contributed by atoms with van der Waals surface area (Å²) in [5.74, 6) is 0.759. The molecule has 0 aromatic heterocycles. The Morgan fingerprint density at radius 1 is 1.30 bits per heavy atom. The van der Waals surface area contributed by atoms with Crippen LogP contribution in [0.4, 0.5) is 0 Å². The molecule has 2 unspecified atom stereocenters. The number of nitrogens with zero attached hydrogens (tertiary/aromatic N) is 1. The monoisotopic (exact) mass is 136 g/mol. The Morgan fingerprint density at radius 2 is 2.20 bits per heavy atom. The summed E-state index contributed by atoms with van der Waals surface area (Å²) in [5, 5.41) is 3.16. The predicted octanol–water partition coefficient (Wildman–Crippen LogP) is 0.288. The molecule has 53 valence electrons. The summed E-state index contributed by atoms with van der Waals surface area (Å²) in [6, 6.07) is 0.575. The van der Waals surface area contributed by atoms with Crippen LogP contribution in [-0.2, 0) is 0 Å². The van der Waals surface area contributed by atoms with Gasteiger partial charge in [-0.15, -0.1) is 0 Å². The average molecular weight is 136 g/mol. The van der Waals surface area contributed by atoms with Crippen molar-refractivity contribution in [3.05, 3.63) is 12.2 Å². The Labute approximate surface area is 61.0 Å². The zero-order valence-corrected chi connectivity index (χ0v) is 5.96. The van der Waals surface area contributed by atoms with E-state index >= 15 is 0 Å². The molecule has 10 heavy (non-hydrogen) atoms. The van der Waals surface area contributed by atoms with Gasteiger partial charge in [0.05, 0.1) is 6.54 Å². The van der Waals surface area contributed by atoms with E-state index in [1.165, 1.54) is 6.42 Å². The lowest BCUT2D eigenvalue weighted by atomic mass is 9.89. The highest BCUT2D eigenvalue weighted by molar-refractivity contribution is 5.54. The van der Waals surface area contributed by atoms with Crippen LogP contribution < -0.4 is 10.3 Å². The normalized spacial score (nSPS) is 36.8. The van der Waals surface area contributed by atoms with Gasteiger partial charge in [-0.25, -0.2) is 0 Å². The SMILES string of the molecule is C1=CCC2[N+]=CNCC2C1. The molecule has 1 N–H and O–H groups in total. The van der Waals surface area contributed by atoms with E-state index in [0.717, 1.165) is 18.9 Å². The second-order valence-electron chi connectivity index (χ2n) is 2.96. The van der Waals surface area contributed by atoms with Crippen LogP contribution in [0.3, 0.4) is 0 Å². The zero-order chi connectivity index (χ0) is 6.81. The third-order valence-corrected chi connectivity index (χ3v) is 2.26. The molecule has 1 heterocycles. The lowest BCUT2D eigenvalue weighted by Gasteiger charge is -2.21. The first-order valence-electron chi connectivity index (χ1n) is 3.87. The Bertz CT molecular complexity index is 172. The fourth-order valence-electron chi connectivity index (χ4n) is 1.61. The number of nitrogens with one attached hydrogen (secondary N) is 1. The third-order valence-electron chi connectivity index (χ3n) is 2.26. The van der Waals surface area contributed by atoms with Gasteiger partial charge in [0, 0.05) is 12.3 Å². The molecule has 1 radical (unpaired) electrons. The van der Waals surface area contributed by atoms with E-state index in [1.807, 2.05) is 6.34 Å². The standard InChI is InChI=1S/C8H12N2/c1-2-4-8-7(3-1)5-9-6-10-8/h1-2,6-9H,3-5H2/q+1. The van der Waals surface area contributed by atoms with Crippen LogP contribution in [0.25, 0.3) is 0 Å². The van der Waals surface area contributed by atoms with Gasteiger partial charge >= 0.3 is 0 Å². The Hall–Kier alpha value is -0.790. The molecule has 2 heteroatoms. The van der Waals surface area contributed by atoms with Gasteiger partial charge in [0.1, 0.15) is 0 Å². The lowest BCUT2D eigenvalue weighted by Crippen LogP contribution is -2.41. The zero-order valence-electron chi connectivity index (χ0n) is 5.96. The van der Waals surface area contributed by atoms with Crippen LogP contribution >= 0.6 is 0 Å². The maximum atomic E-state index is 4.36. The third kappa shape index (κ3) is 0.939. The quantitative estimate of drug-likeness (QED) is 0.476. The molecule has 0 saturated carbocycles. The van der Waals surface area contributed by atoms with Crippen molar-refractivity contribution in [1.29, 1.82) is 0 Å². The van der Waals surface area contributed by atoms with E-state index in [4.69, 9.17) is 0 Å². The first-order chi connectivity index (χ1) is 4.97. The van der Waals surface area contributed by atoms with E-state index in [1.54, 1.807) is 0 Å². The summed E-state index contributed by atoms with van der Waals surface area (Å²) in [7, 11) is 0. The van der Waals surface area contributed by atoms with Crippen molar-refractivity contribution in [3.63, 3.8) is 0 Å². The summed E-state index contributed by atoms with van der Waals surface area (Å²) in [6.45, 7) is 1.11. The van der Waals surface area contributed by atoms with E-state index in [-0.39, 0.29) is 0 Å². The first kappa shape index (κ1) is 5.96. The predicted molar refractivity (Wildman–Crippen MR) is 41.9 cm³/mol. The van der Waals surface area contributed by atoms with Gasteiger partial charge in [-0.3, -0.25) is 5.32 Å². The van der Waals surface area contributed by atoms with Crippen LogP contribution in [0, 0.1) is 5.92 Å². The van der Waals surface area contributed by atoms with Crippen molar-refractivity contribution in [2.75, 3.05) is 6.54 Å². The molecule has 0 bridgehead atoms. The molecule has 0 fully saturated rings. The summed E-state index contributed by atoms with van der Waals surface area (Å²) >= 11 is 0. The Kier molecular flexibility index (Phi) is 1.46. The highest BCUT2D eigenvalue weighted by Gasteiger charge is 2.29. The smallest absolute Gasteiger partial charge is 0.273 e. The van der Waals surface area contributed by atoms with Gasteiger partial charge in [0.25, 0.3) is 6.34 Å². The molecule has 2 atom stereocenters. The fraction of sp³-hybridized carbons (Fsp3) is 0.625. The van der Waals surface area contributed by atoms with E-state index in [0.29, 0.717) is 6.04 Å². The molecule has 2 aliphatic rings. The van der Waals surface area contributed by atoms with Crippen molar-refractivity contribution in [2.45, 2.75) is 18.9 Å². The molecular weight excluding hydrogens is 124 g/mol. The maximum absolute atomic E-state index is 4.36. The van der Waals surface area contributed by atoms with Crippen molar-refractivity contribution < 1.29 is 0 Å². The summed E-state index contributed by atoms with van der Waals surface area (Å²) < 4.78 is 0. The second kappa shape index (κ2) is 2.45. The molecule has 0 aromatic carbocycles. The van der Waals surface area contributed by atoms with E-state index in [2.05, 4.69) is 22.5 Å². The summed E-state index contributed by atoms with van der Waals surface area (Å²) in [6.07, 6.45) is 8.70. The average Bonchev–Trinajstić information content (AvgIpc) is 2.05. The molecule has 1 aliphatic carbocycles. The number of hydrogen-bond acceptors (Lipinski definition) is 2. The fourth-order valence-corrected chi connectivity index (χ4v) is 1.61. The van der Waals surface area contributed by atoms with Crippen LogP contribution in [0.5, 0.6) is 0 Å². The van der Waals surface area contributed by atoms with Gasteiger partial charge in [-0.05, 0) is 6.42 Å². The van der Waals surface area contributed by atoms with Gasteiger partial charge in [-0.2, -0.15) is 0 Å². The van der Waals surface area contributed by atoms with Crippen LogP contribution in [0.1, 0.15) is 12.8 Å².